The van der Waals surface area contributed by atoms with Crippen molar-refractivity contribution in [1.82, 2.24) is 10.2 Å². The Bertz CT molecular complexity index is 527. The van der Waals surface area contributed by atoms with Gasteiger partial charge in [-0.3, -0.25) is 0 Å². The largest absolute Gasteiger partial charge is 0.421 e. The number of ether oxygens (including phenoxy) is 1. The van der Waals surface area contributed by atoms with Crippen LogP contribution in [0, 0.1) is 0 Å². The van der Waals surface area contributed by atoms with Crippen LogP contribution in [0.25, 0.3) is 0 Å². The second kappa shape index (κ2) is 3.57. The molecule has 0 aliphatic carbocycles. The topological polar surface area (TPSA) is 55.3 Å². The molecule has 1 aromatic heterocycles. The maximum Gasteiger partial charge on any atom is 0.421 e. The number of fused-ring (bicyclic) bond motifs is 1. The summed E-state index contributed by atoms with van der Waals surface area (Å²) in [5.41, 5.74) is 2.56. The van der Waals surface area contributed by atoms with Crippen molar-refractivity contribution in [2.45, 2.75) is 6.54 Å². The summed E-state index contributed by atoms with van der Waals surface area (Å²) in [6, 6.07) is 7.46. The van der Waals surface area contributed by atoms with Crippen LogP contribution in [-0.2, 0) is 6.54 Å². The molecule has 0 saturated carbocycles. The molecule has 1 aliphatic heterocycles. The first-order valence-electron chi connectivity index (χ1n) is 4.68. The summed E-state index contributed by atoms with van der Waals surface area (Å²) in [6.45, 7) is 0.476. The van der Waals surface area contributed by atoms with Gasteiger partial charge in [0, 0.05) is 5.56 Å². The Balaban J connectivity index is 1.98. The second-order valence-corrected chi connectivity index (χ2v) is 4.09. The summed E-state index contributed by atoms with van der Waals surface area (Å²) in [7, 11) is 0. The van der Waals surface area contributed by atoms with E-state index in [1.807, 2.05) is 18.2 Å². The highest BCUT2D eigenvalue weighted by Gasteiger charge is 2.27. The van der Waals surface area contributed by atoms with E-state index in [9.17, 15) is 4.79 Å². The van der Waals surface area contributed by atoms with Gasteiger partial charge >= 0.3 is 6.09 Å². The lowest BCUT2D eigenvalue weighted by molar-refractivity contribution is 0.203. The minimum absolute atomic E-state index is 0.407. The lowest BCUT2D eigenvalue weighted by atomic mass is 10.2. The van der Waals surface area contributed by atoms with Crippen LogP contribution in [-0.4, -0.2) is 16.3 Å². The molecule has 16 heavy (non-hydrogen) atoms. The van der Waals surface area contributed by atoms with Gasteiger partial charge in [0.05, 0.1) is 6.54 Å². The molecule has 5 nitrogen and oxygen atoms in total. The van der Waals surface area contributed by atoms with Crippen LogP contribution in [0.3, 0.4) is 0 Å². The Morgan fingerprint density at radius 2 is 2.25 bits per heavy atom. The van der Waals surface area contributed by atoms with E-state index < -0.39 is 6.09 Å². The first-order chi connectivity index (χ1) is 7.84. The van der Waals surface area contributed by atoms with Crippen molar-refractivity contribution in [3.05, 3.63) is 35.3 Å². The first-order valence-corrected chi connectivity index (χ1v) is 5.56. The number of anilines is 1. The van der Waals surface area contributed by atoms with Gasteiger partial charge in [-0.15, -0.1) is 10.2 Å². The highest BCUT2D eigenvalue weighted by Crippen LogP contribution is 2.29. The van der Waals surface area contributed by atoms with E-state index >= 15 is 0 Å². The zero-order valence-corrected chi connectivity index (χ0v) is 8.98. The number of nitrogens with zero attached hydrogens (tertiary/aromatic N) is 3. The van der Waals surface area contributed by atoms with E-state index in [0.29, 0.717) is 17.4 Å². The fourth-order valence-corrected chi connectivity index (χ4v) is 2.10. The smallest absolute Gasteiger partial charge is 0.410 e. The van der Waals surface area contributed by atoms with Gasteiger partial charge in [-0.2, -0.15) is 0 Å². The average Bonchev–Trinajstić information content (AvgIpc) is 2.81. The van der Waals surface area contributed by atoms with Crippen LogP contribution >= 0.6 is 11.3 Å². The van der Waals surface area contributed by atoms with Gasteiger partial charge in [0.1, 0.15) is 11.3 Å². The molecule has 0 N–H and O–H groups in total. The van der Waals surface area contributed by atoms with Crippen molar-refractivity contribution >= 4 is 22.6 Å². The number of hydrogen-bond donors (Lipinski definition) is 0. The summed E-state index contributed by atoms with van der Waals surface area (Å²) in [5.74, 6) is 0.619. The van der Waals surface area contributed by atoms with E-state index in [2.05, 4.69) is 10.2 Å². The highest BCUT2D eigenvalue weighted by molar-refractivity contribution is 7.13. The van der Waals surface area contributed by atoms with E-state index in [1.165, 1.54) is 16.2 Å². The van der Waals surface area contributed by atoms with Crippen molar-refractivity contribution in [2.75, 3.05) is 4.90 Å². The third-order valence-electron chi connectivity index (χ3n) is 2.30. The molecule has 2 heterocycles. The zero-order chi connectivity index (χ0) is 11.0. The van der Waals surface area contributed by atoms with Crippen LogP contribution < -0.4 is 9.64 Å². The molecule has 0 spiro atoms. The van der Waals surface area contributed by atoms with E-state index in [4.69, 9.17) is 4.74 Å². The monoisotopic (exact) mass is 233 g/mol. The first kappa shape index (κ1) is 9.29. The minimum Gasteiger partial charge on any atom is -0.410 e. The predicted octanol–water partition coefficient (Wildman–Crippen LogP) is 2.06. The molecule has 1 aliphatic rings. The van der Waals surface area contributed by atoms with E-state index in [0.717, 1.165) is 5.56 Å². The molecule has 0 fully saturated rings. The third kappa shape index (κ3) is 1.43. The Kier molecular flexibility index (Phi) is 2.07. The lowest BCUT2D eigenvalue weighted by Gasteiger charge is -2.25. The van der Waals surface area contributed by atoms with Crippen LogP contribution in [0.2, 0.25) is 0 Å². The summed E-state index contributed by atoms with van der Waals surface area (Å²) >= 11 is 1.31. The number of para-hydroxylation sites is 1. The van der Waals surface area contributed by atoms with Gasteiger partial charge in [0.15, 0.2) is 0 Å². The molecular weight excluding hydrogens is 226 g/mol. The molecule has 0 saturated heterocycles. The molecule has 0 radical (unpaired) electrons. The third-order valence-corrected chi connectivity index (χ3v) is 3.01. The number of carbonyl (C=O) groups is 1. The van der Waals surface area contributed by atoms with Gasteiger partial charge in [-0.05, 0) is 6.07 Å². The molecular formula is C10H7N3O2S. The van der Waals surface area contributed by atoms with E-state index in [1.54, 1.807) is 11.6 Å². The summed E-state index contributed by atoms with van der Waals surface area (Å²) in [4.78, 5) is 13.2. The molecule has 80 valence electrons. The molecule has 1 aromatic carbocycles. The predicted molar refractivity (Wildman–Crippen MR) is 58.6 cm³/mol. The molecule has 2 aromatic rings. The SMILES string of the molecule is O=C1Oc2ccccc2CN1c1nncs1. The second-order valence-electron chi connectivity index (χ2n) is 3.28. The number of rotatable bonds is 1. The fourth-order valence-electron chi connectivity index (χ4n) is 1.55. The number of aromatic nitrogens is 2. The Morgan fingerprint density at radius 1 is 1.38 bits per heavy atom. The van der Waals surface area contributed by atoms with Crippen LogP contribution in [0.1, 0.15) is 5.56 Å². The number of amides is 1. The fraction of sp³-hybridized carbons (Fsp3) is 0.100. The van der Waals surface area contributed by atoms with Gasteiger partial charge in [0.25, 0.3) is 0 Å². The van der Waals surface area contributed by atoms with Crippen molar-refractivity contribution in [3.8, 4) is 5.75 Å². The summed E-state index contributed by atoms with van der Waals surface area (Å²) < 4.78 is 5.19. The number of carbonyl (C=O) groups excluding carboxylic acids is 1. The van der Waals surface area contributed by atoms with Gasteiger partial charge in [-0.1, -0.05) is 29.5 Å². The maximum absolute atomic E-state index is 11.7. The standard InChI is InChI=1S/C10H7N3O2S/c14-10-13(9-12-11-6-16-9)5-7-3-1-2-4-8(7)15-10/h1-4,6H,5H2. The zero-order valence-electron chi connectivity index (χ0n) is 8.16. The van der Waals surface area contributed by atoms with Crippen LogP contribution in [0.4, 0.5) is 9.93 Å². The van der Waals surface area contributed by atoms with Crippen molar-refractivity contribution < 1.29 is 9.53 Å². The van der Waals surface area contributed by atoms with Crippen molar-refractivity contribution in [1.29, 1.82) is 0 Å². The number of benzene rings is 1. The molecule has 3 rings (SSSR count). The van der Waals surface area contributed by atoms with Gasteiger partial charge < -0.3 is 4.74 Å². The maximum atomic E-state index is 11.7. The Hall–Kier alpha value is -1.95. The van der Waals surface area contributed by atoms with Gasteiger partial charge in [0.2, 0.25) is 5.13 Å². The highest BCUT2D eigenvalue weighted by atomic mass is 32.1. The molecule has 6 heteroatoms. The van der Waals surface area contributed by atoms with Gasteiger partial charge in [-0.25, -0.2) is 9.69 Å². The van der Waals surface area contributed by atoms with Crippen LogP contribution in [0.15, 0.2) is 29.8 Å². The minimum atomic E-state index is -0.407. The van der Waals surface area contributed by atoms with Crippen molar-refractivity contribution in [3.63, 3.8) is 0 Å². The summed E-state index contributed by atoms with van der Waals surface area (Å²) in [6.07, 6.45) is -0.407. The molecule has 1 amide bonds. The number of hydrogen-bond acceptors (Lipinski definition) is 5. The van der Waals surface area contributed by atoms with Crippen molar-refractivity contribution in [2.24, 2.45) is 0 Å². The Morgan fingerprint density at radius 3 is 3.06 bits per heavy atom. The quantitative estimate of drug-likeness (QED) is 0.756. The lowest BCUT2D eigenvalue weighted by Crippen LogP contribution is -2.36. The molecule has 0 unspecified atom stereocenters. The van der Waals surface area contributed by atoms with E-state index in [-0.39, 0.29) is 0 Å². The molecule has 0 atom stereocenters. The molecule has 0 bridgehead atoms. The normalized spacial score (nSPS) is 14.5. The summed E-state index contributed by atoms with van der Waals surface area (Å²) in [5, 5.41) is 8.12. The van der Waals surface area contributed by atoms with Crippen LogP contribution in [0.5, 0.6) is 5.75 Å². The average molecular weight is 233 g/mol. The Labute approximate surface area is 95.3 Å².